The van der Waals surface area contributed by atoms with Gasteiger partial charge in [-0.1, -0.05) is 36.4 Å². The number of hydrogen-bond acceptors (Lipinski definition) is 4. The monoisotopic (exact) mass is 329 g/mol. The molecule has 0 aliphatic carbocycles. The summed E-state index contributed by atoms with van der Waals surface area (Å²) in [4.78, 5) is 24.6. The maximum Gasteiger partial charge on any atom is 0.407 e. The highest BCUT2D eigenvalue weighted by Crippen LogP contribution is 2.22. The summed E-state index contributed by atoms with van der Waals surface area (Å²) < 4.78 is 0. The lowest BCUT2D eigenvalue weighted by Gasteiger charge is -2.26. The molecule has 2 aromatic rings. The highest BCUT2D eigenvalue weighted by Gasteiger charge is 2.14. The predicted octanol–water partition coefficient (Wildman–Crippen LogP) is 3.21. The zero-order valence-electron chi connectivity index (χ0n) is 13.3. The van der Waals surface area contributed by atoms with Crippen LogP contribution >= 0.6 is 0 Å². The molecule has 0 radical (unpaired) electrons. The van der Waals surface area contributed by atoms with Gasteiger partial charge >= 0.3 is 6.09 Å². The summed E-state index contributed by atoms with van der Waals surface area (Å²) in [5.74, 6) is 0. The molecule has 7 heteroatoms. The van der Waals surface area contributed by atoms with Crippen molar-refractivity contribution in [1.29, 1.82) is 0 Å². The minimum absolute atomic E-state index is 0.0113. The van der Waals surface area contributed by atoms with Crippen molar-refractivity contribution in [1.82, 2.24) is 4.90 Å². The number of nitrogens with zero attached hydrogens (tertiary/aromatic N) is 3. The third-order valence-electron chi connectivity index (χ3n) is 3.65. The van der Waals surface area contributed by atoms with Gasteiger partial charge in [-0.15, -0.1) is 0 Å². The minimum atomic E-state index is -1.01. The molecule has 0 bridgehead atoms. The molecule has 1 N–H and O–H groups in total. The highest BCUT2D eigenvalue weighted by atomic mass is 16.6. The fourth-order valence-electron chi connectivity index (χ4n) is 2.27. The molecular formula is C17H19N3O4. The number of carboxylic acid groups (broad SMARTS) is 1. The summed E-state index contributed by atoms with van der Waals surface area (Å²) in [5, 5.41) is 20.0. The number of anilines is 1. The van der Waals surface area contributed by atoms with E-state index in [0.717, 1.165) is 5.56 Å². The average Bonchev–Trinajstić information content (AvgIpc) is 2.59. The maximum absolute atomic E-state index is 11.0. The molecule has 126 valence electrons. The molecule has 24 heavy (non-hydrogen) atoms. The predicted molar refractivity (Wildman–Crippen MR) is 91.2 cm³/mol. The van der Waals surface area contributed by atoms with E-state index in [0.29, 0.717) is 25.3 Å². The van der Waals surface area contributed by atoms with Crippen LogP contribution in [0.5, 0.6) is 0 Å². The van der Waals surface area contributed by atoms with Gasteiger partial charge in [-0.25, -0.2) is 4.79 Å². The van der Waals surface area contributed by atoms with Crippen molar-refractivity contribution in [3.05, 3.63) is 70.3 Å². The lowest BCUT2D eigenvalue weighted by Crippen LogP contribution is -2.35. The van der Waals surface area contributed by atoms with Gasteiger partial charge in [0.25, 0.3) is 5.69 Å². The van der Waals surface area contributed by atoms with Crippen LogP contribution in [0.1, 0.15) is 5.56 Å². The van der Waals surface area contributed by atoms with Crippen LogP contribution in [0.25, 0.3) is 0 Å². The summed E-state index contributed by atoms with van der Waals surface area (Å²) >= 11 is 0. The number of likely N-dealkylation sites (N-methyl/N-ethyl adjacent to an activating group) is 1. The normalized spacial score (nSPS) is 10.2. The second-order valence-corrected chi connectivity index (χ2v) is 5.39. The number of non-ortho nitro benzene ring substituents is 1. The summed E-state index contributed by atoms with van der Waals surface area (Å²) in [6.45, 7) is 1.26. The molecule has 0 unspecified atom stereocenters. The molecule has 0 heterocycles. The Labute approximate surface area is 139 Å². The van der Waals surface area contributed by atoms with Crippen molar-refractivity contribution in [2.45, 2.75) is 6.54 Å². The standard InChI is InChI=1S/C17H19N3O4/c1-18(17(21)22)10-11-19(13-14-6-3-2-4-7-14)15-8-5-9-16(12-15)20(23)24/h2-9,12H,10-11,13H2,1H3,(H,21,22). The van der Waals surface area contributed by atoms with Crippen molar-refractivity contribution in [3.63, 3.8) is 0 Å². The van der Waals surface area contributed by atoms with E-state index in [9.17, 15) is 14.9 Å². The van der Waals surface area contributed by atoms with E-state index >= 15 is 0 Å². The Kier molecular flexibility index (Phi) is 5.73. The molecule has 0 fully saturated rings. The molecule has 0 spiro atoms. The number of nitro groups is 1. The summed E-state index contributed by atoms with van der Waals surface area (Å²) in [6.07, 6.45) is -1.01. The second kappa shape index (κ2) is 7.96. The number of rotatable bonds is 7. The van der Waals surface area contributed by atoms with Gasteiger partial charge in [0, 0.05) is 44.5 Å². The van der Waals surface area contributed by atoms with Gasteiger partial charge in [0.1, 0.15) is 0 Å². The highest BCUT2D eigenvalue weighted by molar-refractivity contribution is 5.64. The number of hydrogen-bond donors (Lipinski definition) is 1. The first-order chi connectivity index (χ1) is 11.5. The van der Waals surface area contributed by atoms with Gasteiger partial charge in [0.05, 0.1) is 4.92 Å². The van der Waals surface area contributed by atoms with Crippen LogP contribution in [0, 0.1) is 10.1 Å². The molecule has 0 aliphatic heterocycles. The van der Waals surface area contributed by atoms with Crippen molar-refractivity contribution < 1.29 is 14.8 Å². The number of benzene rings is 2. The Hall–Kier alpha value is -3.09. The molecule has 1 amide bonds. The average molecular weight is 329 g/mol. The Morgan fingerprint density at radius 1 is 1.12 bits per heavy atom. The van der Waals surface area contributed by atoms with Crippen LogP contribution in [-0.2, 0) is 6.54 Å². The Morgan fingerprint density at radius 2 is 1.83 bits per heavy atom. The van der Waals surface area contributed by atoms with E-state index in [4.69, 9.17) is 5.11 Å². The second-order valence-electron chi connectivity index (χ2n) is 5.39. The van der Waals surface area contributed by atoms with Crippen molar-refractivity contribution in [2.24, 2.45) is 0 Å². The molecule has 0 aromatic heterocycles. The maximum atomic E-state index is 11.0. The molecule has 0 saturated carbocycles. The fourth-order valence-corrected chi connectivity index (χ4v) is 2.27. The Bertz CT molecular complexity index is 706. The molecule has 0 aliphatic rings. The van der Waals surface area contributed by atoms with E-state index < -0.39 is 11.0 Å². The summed E-state index contributed by atoms with van der Waals surface area (Å²) in [6, 6.07) is 16.0. The number of amides is 1. The number of carbonyl (C=O) groups is 1. The van der Waals surface area contributed by atoms with Gasteiger partial charge in [0.2, 0.25) is 0 Å². The first kappa shape index (κ1) is 17.3. The third-order valence-corrected chi connectivity index (χ3v) is 3.65. The summed E-state index contributed by atoms with van der Waals surface area (Å²) in [7, 11) is 1.50. The number of nitro benzene ring substituents is 1. The fraction of sp³-hybridized carbons (Fsp3) is 0.235. The van der Waals surface area contributed by atoms with Crippen LogP contribution < -0.4 is 4.90 Å². The zero-order valence-corrected chi connectivity index (χ0v) is 13.3. The molecule has 0 atom stereocenters. The van der Waals surface area contributed by atoms with E-state index in [1.54, 1.807) is 12.1 Å². The largest absolute Gasteiger partial charge is 0.465 e. The topological polar surface area (TPSA) is 86.9 Å². The lowest BCUT2D eigenvalue weighted by molar-refractivity contribution is -0.384. The Balaban J connectivity index is 2.22. The smallest absolute Gasteiger partial charge is 0.407 e. The van der Waals surface area contributed by atoms with Gasteiger partial charge in [-0.05, 0) is 11.6 Å². The van der Waals surface area contributed by atoms with Crippen molar-refractivity contribution in [2.75, 3.05) is 25.0 Å². The van der Waals surface area contributed by atoms with Crippen molar-refractivity contribution >= 4 is 17.5 Å². The van der Waals surface area contributed by atoms with Crippen LogP contribution in [0.4, 0.5) is 16.2 Å². The van der Waals surface area contributed by atoms with Crippen LogP contribution in [0.15, 0.2) is 54.6 Å². The van der Waals surface area contributed by atoms with Crippen LogP contribution in [0.3, 0.4) is 0 Å². The first-order valence-electron chi connectivity index (χ1n) is 7.45. The van der Waals surface area contributed by atoms with E-state index in [-0.39, 0.29) is 5.69 Å². The van der Waals surface area contributed by atoms with Gasteiger partial charge in [0.15, 0.2) is 0 Å². The molecule has 0 saturated heterocycles. The zero-order chi connectivity index (χ0) is 17.5. The minimum Gasteiger partial charge on any atom is -0.465 e. The van der Waals surface area contributed by atoms with E-state index in [1.807, 2.05) is 35.2 Å². The SMILES string of the molecule is CN(CCN(Cc1ccccc1)c1cccc([N+](=O)[O-])c1)C(=O)O. The van der Waals surface area contributed by atoms with Crippen LogP contribution in [0.2, 0.25) is 0 Å². The first-order valence-corrected chi connectivity index (χ1v) is 7.45. The van der Waals surface area contributed by atoms with E-state index in [1.165, 1.54) is 24.1 Å². The molecule has 7 nitrogen and oxygen atoms in total. The van der Waals surface area contributed by atoms with Gasteiger partial charge < -0.3 is 14.9 Å². The molecule has 2 rings (SSSR count). The Morgan fingerprint density at radius 3 is 2.46 bits per heavy atom. The lowest BCUT2D eigenvalue weighted by atomic mass is 10.2. The van der Waals surface area contributed by atoms with Gasteiger partial charge in [-0.3, -0.25) is 10.1 Å². The summed E-state index contributed by atoms with van der Waals surface area (Å²) in [5.41, 5.74) is 1.74. The van der Waals surface area contributed by atoms with Crippen molar-refractivity contribution in [3.8, 4) is 0 Å². The third kappa shape index (κ3) is 4.70. The molecule has 2 aromatic carbocycles. The van der Waals surface area contributed by atoms with E-state index in [2.05, 4.69) is 0 Å². The van der Waals surface area contributed by atoms with Crippen LogP contribution in [-0.4, -0.2) is 41.2 Å². The van der Waals surface area contributed by atoms with Gasteiger partial charge in [-0.2, -0.15) is 0 Å². The quantitative estimate of drug-likeness (QED) is 0.622. The molecular weight excluding hydrogens is 310 g/mol.